The molecule has 0 fully saturated rings. The molecular weight excluding hydrogens is 302 g/mol. The van der Waals surface area contributed by atoms with Crippen LogP contribution in [0.25, 0.3) is 0 Å². The lowest BCUT2D eigenvalue weighted by Crippen LogP contribution is -2.52. The van der Waals surface area contributed by atoms with E-state index in [0.717, 1.165) is 0 Å². The number of benzene rings is 1. The first kappa shape index (κ1) is 16.3. The molecule has 0 aliphatic carbocycles. The van der Waals surface area contributed by atoms with Gasteiger partial charge in [-0.1, -0.05) is 29.7 Å². The molecule has 22 heavy (non-hydrogen) atoms. The largest absolute Gasteiger partial charge is 0.489 e. The smallest absolute Gasteiger partial charge is 0.138 e. The summed E-state index contributed by atoms with van der Waals surface area (Å²) in [5, 5.41) is 15.6. The van der Waals surface area contributed by atoms with Crippen LogP contribution in [0.2, 0.25) is 5.02 Å². The number of rotatable bonds is 6. The summed E-state index contributed by atoms with van der Waals surface area (Å²) < 4.78 is 7.22. The lowest BCUT2D eigenvalue weighted by Gasteiger charge is -2.38. The highest BCUT2D eigenvalue weighted by Crippen LogP contribution is 2.33. The first-order valence-electron chi connectivity index (χ1n) is 6.78. The number of nitrogens with zero attached hydrogens (tertiary/aromatic N) is 3. The Hall–Kier alpha value is -2.03. The molecule has 0 aliphatic rings. The monoisotopic (exact) mass is 319 g/mol. The minimum Gasteiger partial charge on any atom is -0.489 e. The van der Waals surface area contributed by atoms with Gasteiger partial charge in [0.1, 0.15) is 30.6 Å². The molecule has 1 aromatic heterocycles. The number of hydrogen-bond donors (Lipinski definition) is 1. The zero-order valence-corrected chi connectivity index (χ0v) is 13.3. The number of terminal acetylenes is 1. The Labute approximate surface area is 134 Å². The number of halogens is 1. The van der Waals surface area contributed by atoms with E-state index in [2.05, 4.69) is 16.0 Å². The molecule has 0 aliphatic heterocycles. The lowest BCUT2D eigenvalue weighted by atomic mass is 9.75. The summed E-state index contributed by atoms with van der Waals surface area (Å²) in [6.07, 6.45) is 8.51. The average molecular weight is 320 g/mol. The summed E-state index contributed by atoms with van der Waals surface area (Å²) in [5.41, 5.74) is -2.17. The second-order valence-electron chi connectivity index (χ2n) is 5.61. The van der Waals surface area contributed by atoms with E-state index in [4.69, 9.17) is 22.8 Å². The van der Waals surface area contributed by atoms with Crippen molar-refractivity contribution in [1.29, 1.82) is 0 Å². The number of para-hydroxylation sites is 1. The summed E-state index contributed by atoms with van der Waals surface area (Å²) in [6.45, 7) is 3.70. The summed E-state index contributed by atoms with van der Waals surface area (Å²) in [7, 11) is 0. The van der Waals surface area contributed by atoms with Crippen molar-refractivity contribution in [1.82, 2.24) is 14.8 Å². The SMILES string of the molecule is C#CC(C)(C)C(O)(COc1ccccc1Cl)Cn1cncn1. The molecule has 116 valence electrons. The molecule has 0 bridgehead atoms. The van der Waals surface area contributed by atoms with Crippen molar-refractivity contribution in [2.24, 2.45) is 5.41 Å². The van der Waals surface area contributed by atoms with E-state index in [1.165, 1.54) is 17.3 Å². The van der Waals surface area contributed by atoms with Crippen molar-refractivity contribution in [2.45, 2.75) is 26.0 Å². The highest BCUT2D eigenvalue weighted by atomic mass is 35.5. The fourth-order valence-electron chi connectivity index (χ4n) is 1.90. The van der Waals surface area contributed by atoms with Crippen molar-refractivity contribution in [3.8, 4) is 18.1 Å². The molecule has 0 amide bonds. The fourth-order valence-corrected chi connectivity index (χ4v) is 2.09. The Morgan fingerprint density at radius 3 is 2.73 bits per heavy atom. The van der Waals surface area contributed by atoms with Crippen molar-refractivity contribution in [2.75, 3.05) is 6.61 Å². The maximum Gasteiger partial charge on any atom is 0.138 e. The maximum atomic E-state index is 11.1. The third-order valence-electron chi connectivity index (χ3n) is 3.72. The molecule has 0 radical (unpaired) electrons. The molecule has 1 atom stereocenters. The summed E-state index contributed by atoms with van der Waals surface area (Å²) in [6, 6.07) is 7.08. The van der Waals surface area contributed by atoms with Gasteiger partial charge < -0.3 is 9.84 Å². The van der Waals surface area contributed by atoms with Crippen LogP contribution in [0.4, 0.5) is 0 Å². The van der Waals surface area contributed by atoms with Gasteiger partial charge in [-0.15, -0.1) is 6.42 Å². The van der Waals surface area contributed by atoms with Gasteiger partial charge in [0.05, 0.1) is 17.0 Å². The second-order valence-corrected chi connectivity index (χ2v) is 6.02. The van der Waals surface area contributed by atoms with E-state index in [9.17, 15) is 5.11 Å². The van der Waals surface area contributed by atoms with Gasteiger partial charge in [-0.05, 0) is 26.0 Å². The lowest BCUT2D eigenvalue weighted by molar-refractivity contribution is -0.0849. The summed E-state index contributed by atoms with van der Waals surface area (Å²) >= 11 is 6.07. The predicted octanol–water partition coefficient (Wildman–Crippen LogP) is 2.40. The highest BCUT2D eigenvalue weighted by molar-refractivity contribution is 6.32. The molecule has 1 heterocycles. The van der Waals surface area contributed by atoms with Crippen LogP contribution < -0.4 is 4.74 Å². The van der Waals surface area contributed by atoms with Crippen molar-refractivity contribution < 1.29 is 9.84 Å². The highest BCUT2D eigenvalue weighted by Gasteiger charge is 2.44. The normalized spacial score (nSPS) is 14.1. The van der Waals surface area contributed by atoms with Crippen LogP contribution in [0.5, 0.6) is 5.75 Å². The quantitative estimate of drug-likeness (QED) is 0.831. The Kier molecular flexibility index (Phi) is 4.74. The van der Waals surface area contributed by atoms with Crippen molar-refractivity contribution in [3.05, 3.63) is 41.9 Å². The molecule has 6 heteroatoms. The third-order valence-corrected chi connectivity index (χ3v) is 4.03. The molecule has 5 nitrogen and oxygen atoms in total. The van der Waals surface area contributed by atoms with Gasteiger partial charge in [0.15, 0.2) is 0 Å². The fraction of sp³-hybridized carbons (Fsp3) is 0.375. The van der Waals surface area contributed by atoms with Gasteiger partial charge in [-0.3, -0.25) is 0 Å². The van der Waals surface area contributed by atoms with E-state index in [0.29, 0.717) is 10.8 Å². The van der Waals surface area contributed by atoms with E-state index in [1.807, 2.05) is 12.1 Å². The predicted molar refractivity (Wildman–Crippen MR) is 84.5 cm³/mol. The second kappa shape index (κ2) is 6.39. The van der Waals surface area contributed by atoms with Gasteiger partial charge in [-0.2, -0.15) is 5.10 Å². The maximum absolute atomic E-state index is 11.1. The summed E-state index contributed by atoms with van der Waals surface area (Å²) in [5.74, 6) is 3.12. The topological polar surface area (TPSA) is 60.2 Å². The number of aromatic nitrogens is 3. The molecule has 2 rings (SSSR count). The minimum atomic E-state index is -1.34. The van der Waals surface area contributed by atoms with Crippen LogP contribution in [0, 0.1) is 17.8 Å². The van der Waals surface area contributed by atoms with Crippen molar-refractivity contribution in [3.63, 3.8) is 0 Å². The van der Waals surface area contributed by atoms with Gasteiger partial charge in [0.2, 0.25) is 0 Å². The Morgan fingerprint density at radius 1 is 1.41 bits per heavy atom. The molecule has 1 unspecified atom stereocenters. The van der Waals surface area contributed by atoms with Crippen LogP contribution in [-0.2, 0) is 6.54 Å². The van der Waals surface area contributed by atoms with Crippen LogP contribution in [0.15, 0.2) is 36.9 Å². The van der Waals surface area contributed by atoms with Crippen LogP contribution in [0.3, 0.4) is 0 Å². The summed E-state index contributed by atoms with van der Waals surface area (Å²) in [4.78, 5) is 3.87. The molecule has 0 saturated carbocycles. The van der Waals surface area contributed by atoms with Crippen LogP contribution in [-0.4, -0.2) is 32.1 Å². The zero-order valence-electron chi connectivity index (χ0n) is 12.5. The molecule has 2 aromatic rings. The van der Waals surface area contributed by atoms with Gasteiger partial charge in [0.25, 0.3) is 0 Å². The van der Waals surface area contributed by atoms with E-state index in [1.54, 1.807) is 26.0 Å². The first-order chi connectivity index (χ1) is 10.4. The van der Waals surface area contributed by atoms with Gasteiger partial charge in [-0.25, -0.2) is 9.67 Å². The molecular formula is C16H18ClN3O2. The molecule has 1 N–H and O–H groups in total. The minimum absolute atomic E-state index is 0.0200. The molecule has 1 aromatic carbocycles. The van der Waals surface area contributed by atoms with Crippen LogP contribution in [0.1, 0.15) is 13.8 Å². The van der Waals surface area contributed by atoms with Gasteiger partial charge >= 0.3 is 0 Å². The third kappa shape index (κ3) is 3.41. The number of ether oxygens (including phenoxy) is 1. The van der Waals surface area contributed by atoms with Crippen molar-refractivity contribution >= 4 is 11.6 Å². The van der Waals surface area contributed by atoms with Crippen LogP contribution >= 0.6 is 11.6 Å². The zero-order chi connectivity index (χ0) is 16.2. The molecule has 0 saturated heterocycles. The molecule has 0 spiro atoms. The van der Waals surface area contributed by atoms with E-state index < -0.39 is 11.0 Å². The Morgan fingerprint density at radius 2 is 2.14 bits per heavy atom. The first-order valence-corrected chi connectivity index (χ1v) is 7.16. The Balaban J connectivity index is 2.22. The number of aliphatic hydroxyl groups is 1. The Bertz CT molecular complexity index is 664. The van der Waals surface area contributed by atoms with E-state index in [-0.39, 0.29) is 13.2 Å². The standard InChI is InChI=1S/C16H18ClN3O2/c1-4-15(2,3)16(21,9-20-12-18-11-19-20)10-22-14-8-6-5-7-13(14)17/h1,5-8,11-12,21H,9-10H2,2-3H3. The average Bonchev–Trinajstić information content (AvgIpc) is 2.99. The number of hydrogen-bond acceptors (Lipinski definition) is 4. The van der Waals surface area contributed by atoms with E-state index >= 15 is 0 Å². The van der Waals surface area contributed by atoms with Gasteiger partial charge in [0, 0.05) is 0 Å².